The first-order valence-electron chi connectivity index (χ1n) is 11.2. The highest BCUT2D eigenvalue weighted by Gasteiger charge is 2.13. The number of aromatic hydroxyl groups is 1. The molecule has 1 fully saturated rings. The van der Waals surface area contributed by atoms with Gasteiger partial charge in [-0.3, -0.25) is 14.6 Å². The van der Waals surface area contributed by atoms with Crippen molar-refractivity contribution in [2.45, 2.75) is 32.1 Å². The average molecular weight is 433 g/mol. The number of fused-ring (bicyclic) bond motifs is 1. The molecular weight excluding hydrogens is 404 g/mol. The molecule has 2 N–H and O–H groups in total. The Morgan fingerprint density at radius 3 is 2.78 bits per heavy atom. The van der Waals surface area contributed by atoms with Crippen molar-refractivity contribution in [2.75, 3.05) is 19.8 Å². The van der Waals surface area contributed by atoms with Gasteiger partial charge in [-0.15, -0.1) is 0 Å². The lowest BCUT2D eigenvalue weighted by Gasteiger charge is -2.19. The van der Waals surface area contributed by atoms with Crippen LogP contribution in [-0.4, -0.2) is 42.0 Å². The Morgan fingerprint density at radius 2 is 1.97 bits per heavy atom. The maximum absolute atomic E-state index is 12.5. The van der Waals surface area contributed by atoms with Crippen LogP contribution in [0, 0.1) is 5.92 Å². The fourth-order valence-electron chi connectivity index (χ4n) is 4.25. The molecule has 166 valence electrons. The smallest absolute Gasteiger partial charge is 0.269 e. The fourth-order valence-corrected chi connectivity index (χ4v) is 4.25. The molecule has 6 nitrogen and oxygen atoms in total. The number of benzene rings is 2. The molecule has 2 heterocycles. The van der Waals surface area contributed by atoms with Crippen LogP contribution < -0.4 is 5.32 Å². The highest BCUT2D eigenvalue weighted by Crippen LogP contribution is 2.29. The van der Waals surface area contributed by atoms with Crippen LogP contribution in [-0.2, 0) is 4.74 Å². The molecule has 1 atom stereocenters. The Kier molecular flexibility index (Phi) is 7.12. The number of carbonyl (C=O) groups excluding carboxylic acids is 2. The first-order valence-corrected chi connectivity index (χ1v) is 11.2. The van der Waals surface area contributed by atoms with Crippen molar-refractivity contribution < 1.29 is 19.4 Å². The first-order chi connectivity index (χ1) is 15.7. The molecule has 4 rings (SSSR count). The maximum atomic E-state index is 12.5. The van der Waals surface area contributed by atoms with Crippen LogP contribution >= 0.6 is 0 Å². The number of nitrogens with one attached hydrogen (secondary N) is 1. The number of aldehydes is 1. The minimum absolute atomic E-state index is 0.0276. The third-order valence-electron chi connectivity index (χ3n) is 6.15. The molecule has 1 unspecified atom stereocenters. The summed E-state index contributed by atoms with van der Waals surface area (Å²) >= 11 is 0. The molecule has 1 aliphatic heterocycles. The zero-order chi connectivity index (χ0) is 22.3. The van der Waals surface area contributed by atoms with E-state index in [4.69, 9.17) is 4.74 Å². The lowest BCUT2D eigenvalue weighted by atomic mass is 9.94. The number of rotatable bonds is 6. The van der Waals surface area contributed by atoms with Crippen LogP contribution in [0.2, 0.25) is 0 Å². The number of phenols is 1. The highest BCUT2D eigenvalue weighted by molar-refractivity contribution is 6.02. The maximum Gasteiger partial charge on any atom is 0.269 e. The zero-order valence-corrected chi connectivity index (χ0v) is 18.0. The zero-order valence-electron chi connectivity index (χ0n) is 18.0. The lowest BCUT2D eigenvalue weighted by molar-refractivity contribution is 0.0922. The summed E-state index contributed by atoms with van der Waals surface area (Å²) < 4.78 is 5.57. The second-order valence-electron chi connectivity index (χ2n) is 8.29. The largest absolute Gasteiger partial charge is 0.507 e. The van der Waals surface area contributed by atoms with E-state index in [-0.39, 0.29) is 17.2 Å². The summed E-state index contributed by atoms with van der Waals surface area (Å²) in [5.74, 6) is 0.406. The van der Waals surface area contributed by atoms with E-state index in [0.29, 0.717) is 29.8 Å². The standard InChI is InChI=1S/C26H28N2O4/c29-17-23-22-7-4-19(15-20(22)6-9-25(23)30)21-5-8-24(28-16-21)26(31)27-12-10-18-3-1-2-13-32-14-11-18/h4-9,15-18,30H,1-3,10-14H2,(H,27,31). The van der Waals surface area contributed by atoms with E-state index < -0.39 is 0 Å². The summed E-state index contributed by atoms with van der Waals surface area (Å²) in [6.45, 7) is 2.32. The number of nitrogens with zero attached hydrogens (tertiary/aromatic N) is 1. The number of amides is 1. The van der Waals surface area contributed by atoms with Crippen LogP contribution in [0.4, 0.5) is 0 Å². The van der Waals surface area contributed by atoms with Crippen molar-refractivity contribution in [3.05, 3.63) is 59.9 Å². The van der Waals surface area contributed by atoms with Gasteiger partial charge in [-0.2, -0.15) is 0 Å². The lowest BCUT2D eigenvalue weighted by Crippen LogP contribution is -2.27. The molecule has 1 aromatic heterocycles. The quantitative estimate of drug-likeness (QED) is 0.549. The minimum Gasteiger partial charge on any atom is -0.507 e. The normalized spacial score (nSPS) is 16.8. The molecule has 0 bridgehead atoms. The molecule has 3 aromatic rings. The number of aromatic nitrogens is 1. The molecule has 1 saturated heterocycles. The molecule has 0 spiro atoms. The number of pyridine rings is 1. The van der Waals surface area contributed by atoms with Crippen molar-refractivity contribution >= 4 is 23.0 Å². The van der Waals surface area contributed by atoms with E-state index in [1.165, 1.54) is 18.9 Å². The summed E-state index contributed by atoms with van der Waals surface area (Å²) in [6, 6.07) is 12.5. The molecule has 1 aliphatic rings. The molecule has 2 aromatic carbocycles. The van der Waals surface area contributed by atoms with Gasteiger partial charge in [-0.05, 0) is 59.7 Å². The van der Waals surface area contributed by atoms with Crippen LogP contribution in [0.1, 0.15) is 53.0 Å². The number of hydrogen-bond donors (Lipinski definition) is 2. The fraction of sp³-hybridized carbons (Fsp3) is 0.346. The van der Waals surface area contributed by atoms with E-state index in [0.717, 1.165) is 49.0 Å². The van der Waals surface area contributed by atoms with Crippen molar-refractivity contribution in [3.8, 4) is 16.9 Å². The van der Waals surface area contributed by atoms with Crippen molar-refractivity contribution in [1.82, 2.24) is 10.3 Å². The van der Waals surface area contributed by atoms with E-state index in [1.807, 2.05) is 24.3 Å². The highest BCUT2D eigenvalue weighted by atomic mass is 16.5. The van der Waals surface area contributed by atoms with Gasteiger partial charge < -0.3 is 15.2 Å². The second kappa shape index (κ2) is 10.4. The minimum atomic E-state index is -0.164. The van der Waals surface area contributed by atoms with Gasteiger partial charge in [0.1, 0.15) is 11.4 Å². The van der Waals surface area contributed by atoms with Gasteiger partial charge in [0.05, 0.1) is 5.56 Å². The predicted octanol–water partition coefficient (Wildman–Crippen LogP) is 4.75. The van der Waals surface area contributed by atoms with E-state index in [2.05, 4.69) is 10.3 Å². The van der Waals surface area contributed by atoms with E-state index in [9.17, 15) is 14.7 Å². The topological polar surface area (TPSA) is 88.5 Å². The predicted molar refractivity (Wildman–Crippen MR) is 124 cm³/mol. The first kappa shape index (κ1) is 22.0. The molecular formula is C26H28N2O4. The summed E-state index contributed by atoms with van der Waals surface area (Å²) in [5.41, 5.74) is 2.47. The van der Waals surface area contributed by atoms with Crippen molar-refractivity contribution in [2.24, 2.45) is 5.92 Å². The third-order valence-corrected chi connectivity index (χ3v) is 6.15. The van der Waals surface area contributed by atoms with Gasteiger partial charge in [0.2, 0.25) is 0 Å². The van der Waals surface area contributed by atoms with Crippen molar-refractivity contribution in [1.29, 1.82) is 0 Å². The molecule has 0 aliphatic carbocycles. The average Bonchev–Trinajstić information content (AvgIpc) is 2.80. The van der Waals surface area contributed by atoms with E-state index >= 15 is 0 Å². The Morgan fingerprint density at radius 1 is 1.09 bits per heavy atom. The van der Waals surface area contributed by atoms with Crippen LogP contribution in [0.25, 0.3) is 21.9 Å². The third kappa shape index (κ3) is 5.14. The van der Waals surface area contributed by atoms with Gasteiger partial charge in [-0.25, -0.2) is 0 Å². The van der Waals surface area contributed by atoms with Crippen LogP contribution in [0.3, 0.4) is 0 Å². The molecule has 6 heteroatoms. The SMILES string of the molecule is O=Cc1c(O)ccc2cc(-c3ccc(C(=O)NCCC4CCCCOCC4)nc3)ccc12. The molecule has 32 heavy (non-hydrogen) atoms. The summed E-state index contributed by atoms with van der Waals surface area (Å²) in [5, 5.41) is 14.4. The van der Waals surface area contributed by atoms with Gasteiger partial charge in [0.15, 0.2) is 6.29 Å². The molecule has 0 radical (unpaired) electrons. The van der Waals surface area contributed by atoms with Gasteiger partial charge >= 0.3 is 0 Å². The van der Waals surface area contributed by atoms with Gasteiger partial charge in [0.25, 0.3) is 5.91 Å². The summed E-state index contributed by atoms with van der Waals surface area (Å²) in [7, 11) is 0. The number of hydrogen-bond acceptors (Lipinski definition) is 5. The number of ether oxygens (including phenoxy) is 1. The second-order valence-corrected chi connectivity index (χ2v) is 8.29. The Balaban J connectivity index is 1.38. The monoisotopic (exact) mass is 432 g/mol. The summed E-state index contributed by atoms with van der Waals surface area (Å²) in [6.07, 6.45) is 7.88. The van der Waals surface area contributed by atoms with Crippen LogP contribution in [0.15, 0.2) is 48.7 Å². The molecule has 0 saturated carbocycles. The summed E-state index contributed by atoms with van der Waals surface area (Å²) in [4.78, 5) is 28.1. The van der Waals surface area contributed by atoms with Crippen LogP contribution in [0.5, 0.6) is 5.75 Å². The van der Waals surface area contributed by atoms with E-state index in [1.54, 1.807) is 18.3 Å². The number of phenolic OH excluding ortho intramolecular Hbond substituents is 1. The van der Waals surface area contributed by atoms with Crippen molar-refractivity contribution in [3.63, 3.8) is 0 Å². The number of carbonyl (C=O) groups is 2. The molecule has 1 amide bonds. The Labute approximate surface area is 187 Å². The van der Waals surface area contributed by atoms with Gasteiger partial charge in [0, 0.05) is 31.5 Å². The van der Waals surface area contributed by atoms with Gasteiger partial charge in [-0.1, -0.05) is 37.1 Å². The Hall–Kier alpha value is -3.25. The Bertz CT molecular complexity index is 1090.